The number of pyridine rings is 1. The topological polar surface area (TPSA) is 136 Å². The third-order valence-corrected chi connectivity index (χ3v) is 6.05. The second-order valence-corrected chi connectivity index (χ2v) is 9.22. The van der Waals surface area contributed by atoms with Crippen LogP contribution < -0.4 is 16.0 Å². The monoisotopic (exact) mass is 544 g/mol. The van der Waals surface area contributed by atoms with Gasteiger partial charge >= 0.3 is 0 Å². The van der Waals surface area contributed by atoms with Gasteiger partial charge in [0.15, 0.2) is 5.82 Å². The molecule has 1 aromatic carbocycles. The summed E-state index contributed by atoms with van der Waals surface area (Å²) < 4.78 is 3.01. The number of aromatic nitrogens is 5. The minimum absolute atomic E-state index is 0.0202. The highest BCUT2D eigenvalue weighted by molar-refractivity contribution is 6.30. The molecule has 0 fully saturated rings. The van der Waals surface area contributed by atoms with Crippen molar-refractivity contribution < 1.29 is 14.4 Å². The summed E-state index contributed by atoms with van der Waals surface area (Å²) in [5.74, 6) is -0.297. The summed E-state index contributed by atoms with van der Waals surface area (Å²) in [6.45, 7) is 0.654. The molecule has 0 radical (unpaired) electrons. The molecule has 0 unspecified atom stereocenters. The predicted molar refractivity (Wildman–Crippen MR) is 147 cm³/mol. The largest absolute Gasteiger partial charge is 0.353 e. The average Bonchev–Trinajstić information content (AvgIpc) is 3.56. The van der Waals surface area contributed by atoms with Crippen LogP contribution in [0.3, 0.4) is 0 Å². The molecule has 198 valence electrons. The standard InChI is InChI=1S/C27H25ClN8O3/c28-20-14-31-36(16-20)24-8-4-7-23(33-24)27(39)32-21-9-10-22-19(13-21)15-35(34-22)17-25(37)29-11-12-30-26(38)18-5-2-1-3-6-18/h2,4-10,13-16H,1,3,11-12,17H2,(H,29,37)(H,30,38)(H,32,39). The summed E-state index contributed by atoms with van der Waals surface area (Å²) in [6.07, 6.45) is 12.3. The first-order chi connectivity index (χ1) is 18.9. The number of amides is 3. The van der Waals surface area contributed by atoms with Gasteiger partial charge in [-0.2, -0.15) is 10.2 Å². The lowest BCUT2D eigenvalue weighted by atomic mass is 10.1. The molecule has 5 rings (SSSR count). The van der Waals surface area contributed by atoms with Crippen LogP contribution in [0.5, 0.6) is 0 Å². The molecule has 0 aliphatic heterocycles. The van der Waals surface area contributed by atoms with Gasteiger partial charge in [-0.25, -0.2) is 9.67 Å². The van der Waals surface area contributed by atoms with Crippen molar-refractivity contribution in [2.75, 3.05) is 18.4 Å². The number of anilines is 1. The van der Waals surface area contributed by atoms with E-state index in [-0.39, 0.29) is 30.0 Å². The highest BCUT2D eigenvalue weighted by atomic mass is 35.5. The van der Waals surface area contributed by atoms with Gasteiger partial charge in [0, 0.05) is 35.9 Å². The van der Waals surface area contributed by atoms with Crippen LogP contribution in [-0.4, -0.2) is 55.4 Å². The number of carbonyl (C=O) groups excluding carboxylic acids is 3. The van der Waals surface area contributed by atoms with Crippen molar-refractivity contribution in [3.63, 3.8) is 0 Å². The lowest BCUT2D eigenvalue weighted by molar-refractivity contribution is -0.122. The van der Waals surface area contributed by atoms with Crippen molar-refractivity contribution >= 4 is 45.9 Å². The van der Waals surface area contributed by atoms with E-state index in [4.69, 9.17) is 11.6 Å². The first kappa shape index (κ1) is 25.9. The van der Waals surface area contributed by atoms with E-state index in [0.717, 1.165) is 18.2 Å². The molecule has 0 bridgehead atoms. The Labute approximate surface area is 228 Å². The molecule has 0 spiro atoms. The smallest absolute Gasteiger partial charge is 0.274 e. The molecule has 3 aromatic heterocycles. The maximum Gasteiger partial charge on any atom is 0.274 e. The first-order valence-corrected chi connectivity index (χ1v) is 12.7. The van der Waals surface area contributed by atoms with Crippen molar-refractivity contribution in [3.05, 3.63) is 89.5 Å². The zero-order valence-electron chi connectivity index (χ0n) is 20.8. The number of rotatable bonds is 9. The van der Waals surface area contributed by atoms with E-state index in [1.54, 1.807) is 48.8 Å². The minimum Gasteiger partial charge on any atom is -0.353 e. The van der Waals surface area contributed by atoms with E-state index in [9.17, 15) is 14.4 Å². The number of carbonyl (C=O) groups is 3. The molecule has 1 aliphatic carbocycles. The summed E-state index contributed by atoms with van der Waals surface area (Å²) in [5, 5.41) is 18.2. The predicted octanol–water partition coefficient (Wildman–Crippen LogP) is 3.03. The maximum absolute atomic E-state index is 12.8. The summed E-state index contributed by atoms with van der Waals surface area (Å²) in [7, 11) is 0. The summed E-state index contributed by atoms with van der Waals surface area (Å²) >= 11 is 5.92. The number of halogens is 1. The van der Waals surface area contributed by atoms with E-state index in [2.05, 4.69) is 31.1 Å². The number of allylic oxidation sites excluding steroid dienone is 2. The number of hydrogen-bond donors (Lipinski definition) is 3. The number of fused-ring (bicyclic) bond motifs is 1. The second kappa shape index (κ2) is 11.7. The normalized spacial score (nSPS) is 12.7. The summed E-state index contributed by atoms with van der Waals surface area (Å²) in [4.78, 5) is 41.6. The molecule has 3 heterocycles. The van der Waals surface area contributed by atoms with Crippen LogP contribution in [0.25, 0.3) is 16.7 Å². The van der Waals surface area contributed by atoms with Gasteiger partial charge in [-0.15, -0.1) is 0 Å². The second-order valence-electron chi connectivity index (χ2n) is 8.78. The molecule has 39 heavy (non-hydrogen) atoms. The number of hydrogen-bond acceptors (Lipinski definition) is 6. The van der Waals surface area contributed by atoms with Gasteiger partial charge in [-0.3, -0.25) is 19.1 Å². The third kappa shape index (κ3) is 6.57. The van der Waals surface area contributed by atoms with Gasteiger partial charge in [0.25, 0.3) is 11.8 Å². The van der Waals surface area contributed by atoms with Crippen LogP contribution in [0.15, 0.2) is 78.8 Å². The zero-order valence-corrected chi connectivity index (χ0v) is 21.6. The number of nitrogens with zero attached hydrogens (tertiary/aromatic N) is 5. The molecular formula is C27H25ClN8O3. The molecule has 11 nitrogen and oxygen atoms in total. The van der Waals surface area contributed by atoms with Crippen LogP contribution in [0.1, 0.15) is 23.3 Å². The molecule has 3 amide bonds. The van der Waals surface area contributed by atoms with E-state index in [0.29, 0.717) is 40.7 Å². The SMILES string of the molecule is O=C(Cn1cc2cc(NC(=O)c3cccc(-n4cc(Cl)cn4)n3)ccc2n1)NCCNC(=O)C1=CCCC=C1. The Balaban J connectivity index is 1.14. The Morgan fingerprint density at radius 2 is 1.87 bits per heavy atom. The Kier molecular flexibility index (Phi) is 7.78. The fourth-order valence-corrected chi connectivity index (χ4v) is 4.14. The third-order valence-electron chi connectivity index (χ3n) is 5.86. The Morgan fingerprint density at radius 1 is 1.00 bits per heavy atom. The van der Waals surface area contributed by atoms with Gasteiger partial charge in [0.2, 0.25) is 5.91 Å². The lowest BCUT2D eigenvalue weighted by Gasteiger charge is -2.09. The van der Waals surface area contributed by atoms with Crippen molar-refractivity contribution in [1.29, 1.82) is 0 Å². The van der Waals surface area contributed by atoms with Gasteiger partial charge < -0.3 is 16.0 Å². The van der Waals surface area contributed by atoms with Crippen LogP contribution in [0.4, 0.5) is 5.69 Å². The van der Waals surface area contributed by atoms with Gasteiger partial charge in [0.05, 0.1) is 22.9 Å². The van der Waals surface area contributed by atoms with Crippen molar-refractivity contribution in [2.45, 2.75) is 19.4 Å². The fourth-order valence-electron chi connectivity index (χ4n) is 4.00. The molecule has 4 aromatic rings. The summed E-state index contributed by atoms with van der Waals surface area (Å²) in [6, 6.07) is 10.3. The summed E-state index contributed by atoms with van der Waals surface area (Å²) in [5.41, 5.74) is 2.10. The van der Waals surface area contributed by atoms with E-state index in [1.165, 1.54) is 15.6 Å². The van der Waals surface area contributed by atoms with E-state index in [1.807, 2.05) is 18.2 Å². The number of nitrogens with one attached hydrogen (secondary N) is 3. The van der Waals surface area contributed by atoms with Crippen molar-refractivity contribution in [1.82, 2.24) is 35.2 Å². The van der Waals surface area contributed by atoms with Crippen LogP contribution in [-0.2, 0) is 16.1 Å². The Bertz CT molecular complexity index is 1600. The van der Waals surface area contributed by atoms with Crippen molar-refractivity contribution in [3.8, 4) is 5.82 Å². The molecule has 0 atom stereocenters. The van der Waals surface area contributed by atoms with Crippen molar-refractivity contribution in [2.24, 2.45) is 0 Å². The lowest BCUT2D eigenvalue weighted by Crippen LogP contribution is -2.36. The first-order valence-electron chi connectivity index (χ1n) is 12.3. The molecule has 0 saturated heterocycles. The minimum atomic E-state index is -0.385. The molecule has 12 heteroatoms. The van der Waals surface area contributed by atoms with E-state index < -0.39 is 0 Å². The van der Waals surface area contributed by atoms with Crippen LogP contribution in [0, 0.1) is 0 Å². The highest BCUT2D eigenvalue weighted by Crippen LogP contribution is 2.19. The molecule has 3 N–H and O–H groups in total. The fraction of sp³-hybridized carbons (Fsp3) is 0.185. The van der Waals surface area contributed by atoms with Crippen LogP contribution >= 0.6 is 11.6 Å². The molecule has 0 saturated carbocycles. The molecule has 1 aliphatic rings. The van der Waals surface area contributed by atoms with Gasteiger partial charge in [0.1, 0.15) is 12.2 Å². The van der Waals surface area contributed by atoms with Gasteiger partial charge in [-0.1, -0.05) is 35.9 Å². The quantitative estimate of drug-likeness (QED) is 0.277. The maximum atomic E-state index is 12.8. The van der Waals surface area contributed by atoms with Crippen LogP contribution in [0.2, 0.25) is 5.02 Å². The zero-order chi connectivity index (χ0) is 27.2. The van der Waals surface area contributed by atoms with Gasteiger partial charge in [-0.05, 0) is 43.2 Å². The Hall–Kier alpha value is -4.77. The van der Waals surface area contributed by atoms with E-state index >= 15 is 0 Å². The Morgan fingerprint density at radius 3 is 2.67 bits per heavy atom. The average molecular weight is 545 g/mol. The highest BCUT2D eigenvalue weighted by Gasteiger charge is 2.12. The molecular weight excluding hydrogens is 520 g/mol. The number of benzene rings is 1.